The van der Waals surface area contributed by atoms with E-state index in [1.54, 1.807) is 23.8 Å². The molecule has 5 nitrogen and oxygen atoms in total. The molecule has 0 saturated carbocycles. The zero-order chi connectivity index (χ0) is 13.3. The number of hydrogen-bond donors (Lipinski definition) is 1. The van der Waals surface area contributed by atoms with E-state index < -0.39 is 0 Å². The van der Waals surface area contributed by atoms with Crippen LogP contribution in [-0.2, 0) is 9.59 Å². The number of carbonyl (C=O) groups excluding carboxylic acids is 2. The monoisotopic (exact) mass is 355 g/mol. The van der Waals surface area contributed by atoms with Crippen molar-refractivity contribution < 1.29 is 9.59 Å². The van der Waals surface area contributed by atoms with Crippen molar-refractivity contribution in [2.75, 3.05) is 39.8 Å². The van der Waals surface area contributed by atoms with Crippen molar-refractivity contribution in [1.82, 2.24) is 15.1 Å². The first-order valence-electron chi connectivity index (χ1n) is 6.17. The first-order valence-corrected chi connectivity index (χ1v) is 6.17. The number of rotatable bonds is 8. The summed E-state index contributed by atoms with van der Waals surface area (Å²) in [6.45, 7) is 8.85. The summed E-state index contributed by atoms with van der Waals surface area (Å²) in [5, 5.41) is 3.26. The van der Waals surface area contributed by atoms with Crippen LogP contribution in [0.3, 0.4) is 0 Å². The van der Waals surface area contributed by atoms with Crippen LogP contribution in [0.5, 0.6) is 0 Å². The molecule has 5 heteroatoms. The molecule has 0 saturated heterocycles. The Labute approximate surface area is 156 Å². The van der Waals surface area contributed by atoms with Gasteiger partial charge < -0.3 is 15.1 Å². The third-order valence-electron chi connectivity index (χ3n) is 2.67. The molecule has 0 spiro atoms. The van der Waals surface area contributed by atoms with Crippen molar-refractivity contribution in [3.8, 4) is 0 Å². The second-order valence-electron chi connectivity index (χ2n) is 4.20. The summed E-state index contributed by atoms with van der Waals surface area (Å²) in [6, 6.07) is 0. The lowest BCUT2D eigenvalue weighted by molar-refractivity contribution is -0.132. The molecule has 0 atom stereocenters. The van der Waals surface area contributed by atoms with Crippen molar-refractivity contribution in [1.29, 1.82) is 0 Å². The molecule has 156 valence electrons. The van der Waals surface area contributed by atoms with Gasteiger partial charge in [-0.2, -0.15) is 0 Å². The van der Waals surface area contributed by atoms with Gasteiger partial charge in [-0.15, -0.1) is 0 Å². The Kier molecular flexibility index (Phi) is 61.5. The molecule has 0 radical (unpaired) electrons. The highest BCUT2D eigenvalue weighted by molar-refractivity contribution is 5.74. The van der Waals surface area contributed by atoms with Crippen LogP contribution in [0.25, 0.3) is 0 Å². The van der Waals surface area contributed by atoms with E-state index in [4.69, 9.17) is 0 Å². The summed E-state index contributed by atoms with van der Waals surface area (Å²) < 4.78 is 0. The average Bonchev–Trinajstić information content (AvgIpc) is 2.27. The Morgan fingerprint density at radius 3 is 1.54 bits per heavy atom. The van der Waals surface area contributed by atoms with Crippen molar-refractivity contribution in [2.45, 2.75) is 79.2 Å². The molecule has 1 N–H and O–H groups in total. The topological polar surface area (TPSA) is 52.6 Å². The number of carbonyl (C=O) groups is 2. The van der Waals surface area contributed by atoms with Gasteiger partial charge in [0.1, 0.15) is 0 Å². The highest BCUT2D eigenvalue weighted by Gasteiger charge is 2.10. The minimum atomic E-state index is 0. The van der Waals surface area contributed by atoms with Crippen LogP contribution in [-0.4, -0.2) is 61.4 Å². The molecule has 0 aromatic heterocycles. The minimum absolute atomic E-state index is 0. The smallest absolute Gasteiger partial charge is 0.219 e. The third kappa shape index (κ3) is 25.8. The van der Waals surface area contributed by atoms with Crippen LogP contribution >= 0.6 is 0 Å². The van der Waals surface area contributed by atoms with Crippen LogP contribution in [0.2, 0.25) is 0 Å². The second-order valence-corrected chi connectivity index (χ2v) is 4.20. The number of hydrogen-bond acceptors (Lipinski definition) is 3. The van der Waals surface area contributed by atoms with Crippen LogP contribution in [0, 0.1) is 0 Å². The van der Waals surface area contributed by atoms with Gasteiger partial charge in [0.25, 0.3) is 0 Å². The summed E-state index contributed by atoms with van der Waals surface area (Å²) in [4.78, 5) is 25.8. The SMILES string of the molecule is C.C.C.C.C.C.C.CCCNCCN(CCN(C)C(C)=O)C(C)=O. The summed E-state index contributed by atoms with van der Waals surface area (Å²) in [5.41, 5.74) is 0. The van der Waals surface area contributed by atoms with E-state index in [-0.39, 0.29) is 63.8 Å². The maximum Gasteiger partial charge on any atom is 0.219 e. The van der Waals surface area contributed by atoms with E-state index in [1.807, 2.05) is 0 Å². The number of likely N-dealkylation sites (N-methyl/N-ethyl adjacent to an activating group) is 1. The predicted octanol–water partition coefficient (Wildman–Crippen LogP) is 4.77. The molecule has 2 amide bonds. The number of nitrogens with zero attached hydrogens (tertiary/aromatic N) is 2. The maximum absolute atomic E-state index is 11.4. The molecule has 0 aromatic carbocycles. The van der Waals surface area contributed by atoms with Crippen molar-refractivity contribution >= 4 is 11.8 Å². The fraction of sp³-hybridized carbons (Fsp3) is 0.895. The minimum Gasteiger partial charge on any atom is -0.344 e. The van der Waals surface area contributed by atoms with Crippen LogP contribution in [0.1, 0.15) is 79.2 Å². The van der Waals surface area contributed by atoms with Crippen molar-refractivity contribution in [2.24, 2.45) is 0 Å². The second kappa shape index (κ2) is 29.9. The third-order valence-corrected chi connectivity index (χ3v) is 2.67. The lowest BCUT2D eigenvalue weighted by atomic mass is 10.4. The Balaban J connectivity index is -0.0000000610. The molecular weight excluding hydrogens is 302 g/mol. The van der Waals surface area contributed by atoms with Gasteiger partial charge in [0.15, 0.2) is 0 Å². The number of amides is 2. The standard InChI is InChI=1S/C12H25N3O2.7CH4/c1-5-6-13-7-8-15(12(3)17)10-9-14(4)11(2)16;;;;;;;/h13H,5-10H2,1-4H3;7*1H4. The normalized spacial score (nSPS) is 7.17. The lowest BCUT2D eigenvalue weighted by Crippen LogP contribution is -2.41. The molecule has 0 unspecified atom stereocenters. The van der Waals surface area contributed by atoms with E-state index in [0.717, 1.165) is 19.5 Å². The van der Waals surface area contributed by atoms with E-state index in [9.17, 15) is 9.59 Å². The average molecular weight is 356 g/mol. The molecule has 0 fully saturated rings. The molecule has 0 aromatic rings. The van der Waals surface area contributed by atoms with Gasteiger partial charge >= 0.3 is 0 Å². The zero-order valence-corrected chi connectivity index (χ0v) is 11.5. The summed E-state index contributed by atoms with van der Waals surface area (Å²) >= 11 is 0. The predicted molar refractivity (Wildman–Crippen MR) is 116 cm³/mol. The Hall–Kier alpha value is -1.10. The fourth-order valence-electron chi connectivity index (χ4n) is 1.37. The molecule has 0 heterocycles. The Morgan fingerprint density at radius 1 is 0.750 bits per heavy atom. The highest BCUT2D eigenvalue weighted by Crippen LogP contribution is 1.92. The van der Waals surface area contributed by atoms with Crippen LogP contribution < -0.4 is 5.32 Å². The van der Waals surface area contributed by atoms with Gasteiger partial charge in [-0.05, 0) is 13.0 Å². The van der Waals surface area contributed by atoms with E-state index in [0.29, 0.717) is 19.6 Å². The van der Waals surface area contributed by atoms with E-state index >= 15 is 0 Å². The molecule has 0 aliphatic rings. The van der Waals surface area contributed by atoms with Crippen molar-refractivity contribution in [3.05, 3.63) is 0 Å². The van der Waals surface area contributed by atoms with Gasteiger partial charge in [0.05, 0.1) is 0 Å². The highest BCUT2D eigenvalue weighted by atomic mass is 16.2. The maximum atomic E-state index is 11.4. The lowest BCUT2D eigenvalue weighted by Gasteiger charge is -2.24. The van der Waals surface area contributed by atoms with Crippen LogP contribution in [0.15, 0.2) is 0 Å². The largest absolute Gasteiger partial charge is 0.344 e. The number of nitrogens with one attached hydrogen (secondary N) is 1. The van der Waals surface area contributed by atoms with E-state index in [2.05, 4.69) is 12.2 Å². The molecular formula is C19H53N3O2. The first-order chi connectivity index (χ1) is 7.99. The van der Waals surface area contributed by atoms with Gasteiger partial charge in [-0.1, -0.05) is 58.9 Å². The van der Waals surface area contributed by atoms with E-state index in [1.165, 1.54) is 6.92 Å². The Bertz CT molecular complexity index is 247. The zero-order valence-electron chi connectivity index (χ0n) is 11.5. The summed E-state index contributed by atoms with van der Waals surface area (Å²) in [7, 11) is 1.75. The van der Waals surface area contributed by atoms with Crippen LogP contribution in [0.4, 0.5) is 0 Å². The summed E-state index contributed by atoms with van der Waals surface area (Å²) in [6.07, 6.45) is 1.09. The quantitative estimate of drug-likeness (QED) is 0.638. The van der Waals surface area contributed by atoms with Gasteiger partial charge in [0.2, 0.25) is 11.8 Å². The Morgan fingerprint density at radius 2 is 1.21 bits per heavy atom. The van der Waals surface area contributed by atoms with Gasteiger partial charge in [-0.3, -0.25) is 9.59 Å². The van der Waals surface area contributed by atoms with Crippen molar-refractivity contribution in [3.63, 3.8) is 0 Å². The summed E-state index contributed by atoms with van der Waals surface area (Å²) in [5.74, 6) is 0.0814. The van der Waals surface area contributed by atoms with Gasteiger partial charge in [0, 0.05) is 47.1 Å². The molecule has 0 bridgehead atoms. The van der Waals surface area contributed by atoms with Gasteiger partial charge in [-0.25, -0.2) is 0 Å². The molecule has 0 aliphatic carbocycles. The molecule has 0 rings (SSSR count). The molecule has 24 heavy (non-hydrogen) atoms. The fourth-order valence-corrected chi connectivity index (χ4v) is 1.37. The molecule has 0 aliphatic heterocycles. The first kappa shape index (κ1) is 49.5.